The van der Waals surface area contributed by atoms with Crippen LogP contribution in [0.1, 0.15) is 11.1 Å². The van der Waals surface area contributed by atoms with E-state index >= 15 is 0 Å². The lowest BCUT2D eigenvalue weighted by atomic mass is 10.2. The molecule has 0 spiro atoms. The summed E-state index contributed by atoms with van der Waals surface area (Å²) in [5, 5.41) is 0.634. The minimum Gasteiger partial charge on any atom is -0.263 e. The lowest BCUT2D eigenvalue weighted by Crippen LogP contribution is -1.82. The molecular weight excluding hydrogens is 134 g/mol. The summed E-state index contributed by atoms with van der Waals surface area (Å²) in [5.74, 6) is 0. The van der Waals surface area contributed by atoms with E-state index in [1.807, 2.05) is 6.92 Å². The molecule has 2 heteroatoms. The smallest absolute Gasteiger partial charge is 0.0624 e. The second-order valence-corrected chi connectivity index (χ2v) is 2.32. The molecule has 0 bridgehead atoms. The van der Waals surface area contributed by atoms with Gasteiger partial charge in [-0.1, -0.05) is 11.6 Å². The number of hydrogen-bond acceptors (Lipinski definition) is 1. The van der Waals surface area contributed by atoms with Crippen molar-refractivity contribution in [3.8, 4) is 0 Å². The number of pyridine rings is 1. The molecule has 1 nitrogen and oxygen atoms in total. The van der Waals surface area contributed by atoms with Gasteiger partial charge in [0.25, 0.3) is 0 Å². The van der Waals surface area contributed by atoms with E-state index in [0.29, 0.717) is 5.02 Å². The molecule has 1 rings (SSSR count). The van der Waals surface area contributed by atoms with Gasteiger partial charge in [0, 0.05) is 12.4 Å². The first-order valence-corrected chi connectivity index (χ1v) is 3.01. The molecule has 0 aromatic carbocycles. The Balaban J connectivity index is 3.25. The zero-order valence-electron chi connectivity index (χ0n) is 5.19. The van der Waals surface area contributed by atoms with Gasteiger partial charge in [-0.05, 0) is 25.0 Å². The first-order chi connectivity index (χ1) is 4.22. The Morgan fingerprint density at radius 2 is 2.22 bits per heavy atom. The quantitative estimate of drug-likeness (QED) is 0.539. The van der Waals surface area contributed by atoms with Crippen molar-refractivity contribution < 1.29 is 0 Å². The summed E-state index contributed by atoms with van der Waals surface area (Å²) in [5.41, 5.74) is 1.90. The fourth-order valence-electron chi connectivity index (χ4n) is 0.559. The van der Waals surface area contributed by atoms with E-state index in [9.17, 15) is 0 Å². The Kier molecular flexibility index (Phi) is 1.72. The average Bonchev–Trinajstić information content (AvgIpc) is 1.83. The fraction of sp³-hybridized carbons (Fsp3) is 0.143. The molecule has 0 saturated heterocycles. The Bertz CT molecular complexity index is 200. The zero-order valence-corrected chi connectivity index (χ0v) is 5.94. The van der Waals surface area contributed by atoms with Gasteiger partial charge in [-0.2, -0.15) is 0 Å². The van der Waals surface area contributed by atoms with Crippen molar-refractivity contribution in [1.29, 1.82) is 0 Å². The third-order valence-corrected chi connectivity index (χ3v) is 1.55. The summed E-state index contributed by atoms with van der Waals surface area (Å²) in [7, 11) is 0. The SMILES string of the molecule is [CH2]c1c(C)cncc1Cl. The molecular formula is C7H7ClN. The van der Waals surface area contributed by atoms with Crippen LogP contribution in [-0.4, -0.2) is 4.98 Å². The van der Waals surface area contributed by atoms with Crippen molar-refractivity contribution in [2.45, 2.75) is 6.92 Å². The van der Waals surface area contributed by atoms with Crippen LogP contribution < -0.4 is 0 Å². The predicted octanol–water partition coefficient (Wildman–Crippen LogP) is 2.23. The van der Waals surface area contributed by atoms with Gasteiger partial charge in [0.2, 0.25) is 0 Å². The topological polar surface area (TPSA) is 12.9 Å². The van der Waals surface area contributed by atoms with Crippen molar-refractivity contribution in [1.82, 2.24) is 4.98 Å². The van der Waals surface area contributed by atoms with Crippen LogP contribution in [0.3, 0.4) is 0 Å². The largest absolute Gasteiger partial charge is 0.263 e. The molecule has 0 unspecified atom stereocenters. The second kappa shape index (κ2) is 2.36. The molecule has 0 N–H and O–H groups in total. The third-order valence-electron chi connectivity index (χ3n) is 1.22. The highest BCUT2D eigenvalue weighted by atomic mass is 35.5. The van der Waals surface area contributed by atoms with Gasteiger partial charge in [-0.3, -0.25) is 4.98 Å². The van der Waals surface area contributed by atoms with Gasteiger partial charge in [0.15, 0.2) is 0 Å². The van der Waals surface area contributed by atoms with Crippen LogP contribution in [0.2, 0.25) is 5.02 Å². The molecule has 1 heterocycles. The average molecular weight is 141 g/mol. The van der Waals surface area contributed by atoms with E-state index in [1.165, 1.54) is 0 Å². The van der Waals surface area contributed by atoms with E-state index in [1.54, 1.807) is 12.4 Å². The van der Waals surface area contributed by atoms with Crippen LogP contribution in [0.4, 0.5) is 0 Å². The molecule has 0 aliphatic carbocycles. The van der Waals surface area contributed by atoms with E-state index < -0.39 is 0 Å². The third kappa shape index (κ3) is 1.22. The van der Waals surface area contributed by atoms with Gasteiger partial charge in [-0.25, -0.2) is 0 Å². The molecule has 1 radical (unpaired) electrons. The van der Waals surface area contributed by atoms with Crippen LogP contribution in [0.5, 0.6) is 0 Å². The van der Waals surface area contributed by atoms with Crippen molar-refractivity contribution in [2.75, 3.05) is 0 Å². The van der Waals surface area contributed by atoms with Gasteiger partial charge < -0.3 is 0 Å². The molecule has 0 amide bonds. The van der Waals surface area contributed by atoms with Gasteiger partial charge in [-0.15, -0.1) is 0 Å². The van der Waals surface area contributed by atoms with Crippen molar-refractivity contribution in [2.24, 2.45) is 0 Å². The Labute approximate surface area is 59.7 Å². The van der Waals surface area contributed by atoms with Crippen LogP contribution in [0.25, 0.3) is 0 Å². The Morgan fingerprint density at radius 1 is 1.56 bits per heavy atom. The number of rotatable bonds is 0. The van der Waals surface area contributed by atoms with E-state index in [2.05, 4.69) is 11.9 Å². The summed E-state index contributed by atoms with van der Waals surface area (Å²) in [6.45, 7) is 5.68. The van der Waals surface area contributed by atoms with Crippen molar-refractivity contribution >= 4 is 11.6 Å². The van der Waals surface area contributed by atoms with Crippen molar-refractivity contribution in [3.63, 3.8) is 0 Å². The summed E-state index contributed by atoms with van der Waals surface area (Å²) in [6, 6.07) is 0. The van der Waals surface area contributed by atoms with E-state index in [-0.39, 0.29) is 0 Å². The van der Waals surface area contributed by atoms with Crippen LogP contribution in [0.15, 0.2) is 12.4 Å². The fourth-order valence-corrected chi connectivity index (χ4v) is 0.764. The van der Waals surface area contributed by atoms with Crippen LogP contribution in [0, 0.1) is 13.8 Å². The summed E-state index contributed by atoms with van der Waals surface area (Å²) in [4.78, 5) is 3.87. The summed E-state index contributed by atoms with van der Waals surface area (Å²) >= 11 is 5.69. The summed E-state index contributed by atoms with van der Waals surface area (Å²) in [6.07, 6.45) is 3.34. The van der Waals surface area contributed by atoms with Gasteiger partial charge >= 0.3 is 0 Å². The molecule has 47 valence electrons. The standard InChI is InChI=1S/C7H7ClN/c1-5-3-9-4-7(8)6(5)2/h3-4H,2H2,1H3. The first kappa shape index (κ1) is 6.56. The second-order valence-electron chi connectivity index (χ2n) is 1.92. The predicted molar refractivity (Wildman–Crippen MR) is 38.4 cm³/mol. The molecule has 0 fully saturated rings. The number of halogens is 1. The van der Waals surface area contributed by atoms with Gasteiger partial charge in [0.05, 0.1) is 5.02 Å². The molecule has 0 atom stereocenters. The zero-order chi connectivity index (χ0) is 6.85. The first-order valence-electron chi connectivity index (χ1n) is 2.64. The molecule has 9 heavy (non-hydrogen) atoms. The Morgan fingerprint density at radius 3 is 2.67 bits per heavy atom. The van der Waals surface area contributed by atoms with E-state index in [4.69, 9.17) is 11.6 Å². The number of hydrogen-bond donors (Lipinski definition) is 0. The molecule has 1 aromatic heterocycles. The van der Waals surface area contributed by atoms with Crippen LogP contribution >= 0.6 is 11.6 Å². The number of aromatic nitrogens is 1. The monoisotopic (exact) mass is 140 g/mol. The maximum Gasteiger partial charge on any atom is 0.0624 e. The lowest BCUT2D eigenvalue weighted by Gasteiger charge is -1.97. The maximum atomic E-state index is 5.69. The maximum absolute atomic E-state index is 5.69. The molecule has 0 aliphatic rings. The summed E-state index contributed by atoms with van der Waals surface area (Å²) < 4.78 is 0. The van der Waals surface area contributed by atoms with Gasteiger partial charge in [0.1, 0.15) is 0 Å². The highest BCUT2D eigenvalue weighted by Gasteiger charge is 1.95. The molecule has 0 saturated carbocycles. The number of aryl methyl sites for hydroxylation is 1. The molecule has 0 aliphatic heterocycles. The van der Waals surface area contributed by atoms with Crippen LogP contribution in [-0.2, 0) is 0 Å². The van der Waals surface area contributed by atoms with E-state index in [0.717, 1.165) is 11.1 Å². The minimum atomic E-state index is 0.634. The van der Waals surface area contributed by atoms with Crippen molar-refractivity contribution in [3.05, 3.63) is 35.5 Å². The normalized spacial score (nSPS) is 9.67. The Hall–Kier alpha value is -0.560. The minimum absolute atomic E-state index is 0.634. The lowest BCUT2D eigenvalue weighted by molar-refractivity contribution is 1.25. The number of nitrogens with zero attached hydrogens (tertiary/aromatic N) is 1. The highest BCUT2D eigenvalue weighted by molar-refractivity contribution is 6.31. The molecule has 1 aromatic rings. The highest BCUT2D eigenvalue weighted by Crippen LogP contribution is 2.15.